The molecule has 5 heteroatoms. The second-order valence-corrected chi connectivity index (χ2v) is 9.51. The molecule has 0 aromatic heterocycles. The van der Waals surface area contributed by atoms with E-state index in [9.17, 15) is 4.79 Å². The van der Waals surface area contributed by atoms with Crippen LogP contribution in [0, 0.1) is 6.92 Å². The molecule has 0 radical (unpaired) electrons. The quantitative estimate of drug-likeness (QED) is 0.167. The number of nitrogens with zero attached hydrogens (tertiary/aromatic N) is 1. The summed E-state index contributed by atoms with van der Waals surface area (Å²) < 4.78 is 0. The molecule has 1 heterocycles. The van der Waals surface area contributed by atoms with E-state index < -0.39 is 0 Å². The standard InChI is InChI=1S/C30H35N3OS/c1-7-9-21(20(5)28(18(2)3)23(16-31)17-32-6)14-25-24-15-22(12-13-26(24)33-30(25)34)29-19(4)10-8-11-27(29)35/h8,10-17,35H,7,9,31H2,1-6H3,(H,33,34)/b21-20+,23-16+,25-14-,32-17?. The van der Waals surface area contributed by atoms with E-state index in [0.717, 1.165) is 73.5 Å². The Morgan fingerprint density at radius 1 is 1.17 bits per heavy atom. The number of thiol groups is 1. The maximum Gasteiger partial charge on any atom is 0.256 e. The van der Waals surface area contributed by atoms with E-state index in [1.54, 1.807) is 19.5 Å². The van der Waals surface area contributed by atoms with Crippen LogP contribution in [-0.4, -0.2) is 19.2 Å². The molecule has 0 atom stereocenters. The Morgan fingerprint density at radius 2 is 1.91 bits per heavy atom. The Labute approximate surface area is 214 Å². The lowest BCUT2D eigenvalue weighted by Gasteiger charge is -2.16. The summed E-state index contributed by atoms with van der Waals surface area (Å²) in [4.78, 5) is 18.2. The van der Waals surface area contributed by atoms with Gasteiger partial charge in [0.1, 0.15) is 0 Å². The third-order valence-electron chi connectivity index (χ3n) is 6.27. The summed E-state index contributed by atoms with van der Waals surface area (Å²) >= 11 is 4.69. The number of hydrogen-bond donors (Lipinski definition) is 3. The van der Waals surface area contributed by atoms with Crippen LogP contribution in [0.15, 0.2) is 86.4 Å². The van der Waals surface area contributed by atoms with Crippen molar-refractivity contribution in [2.75, 3.05) is 12.4 Å². The van der Waals surface area contributed by atoms with Crippen LogP contribution in [0.1, 0.15) is 51.7 Å². The van der Waals surface area contributed by atoms with E-state index in [2.05, 4.69) is 69.7 Å². The fraction of sp³-hybridized carbons (Fsp3) is 0.267. The minimum atomic E-state index is -0.0853. The highest BCUT2D eigenvalue weighted by Crippen LogP contribution is 2.39. The van der Waals surface area contributed by atoms with Crippen LogP contribution in [0.25, 0.3) is 16.7 Å². The van der Waals surface area contributed by atoms with E-state index in [0.29, 0.717) is 5.57 Å². The molecular formula is C30H35N3OS. The number of nitrogens with one attached hydrogen (secondary N) is 1. The summed E-state index contributed by atoms with van der Waals surface area (Å²) in [7, 11) is 1.74. The highest BCUT2D eigenvalue weighted by Gasteiger charge is 2.26. The van der Waals surface area contributed by atoms with Gasteiger partial charge in [-0.1, -0.05) is 37.1 Å². The van der Waals surface area contributed by atoms with Gasteiger partial charge in [-0.25, -0.2) is 0 Å². The Bertz CT molecular complexity index is 1280. The first-order chi connectivity index (χ1) is 16.7. The van der Waals surface area contributed by atoms with Crippen molar-refractivity contribution in [3.8, 4) is 11.1 Å². The second-order valence-electron chi connectivity index (χ2n) is 9.03. The maximum atomic E-state index is 13.1. The summed E-state index contributed by atoms with van der Waals surface area (Å²) in [6, 6.07) is 12.2. The molecule has 1 aliphatic heterocycles. The largest absolute Gasteiger partial charge is 0.404 e. The lowest BCUT2D eigenvalue weighted by Crippen LogP contribution is -2.05. The topological polar surface area (TPSA) is 67.5 Å². The van der Waals surface area contributed by atoms with E-state index in [4.69, 9.17) is 5.73 Å². The smallest absolute Gasteiger partial charge is 0.256 e. The average molecular weight is 486 g/mol. The maximum absolute atomic E-state index is 13.1. The van der Waals surface area contributed by atoms with E-state index in [1.807, 2.05) is 30.3 Å². The number of benzene rings is 2. The molecule has 0 bridgehead atoms. The van der Waals surface area contributed by atoms with Gasteiger partial charge in [-0.15, -0.1) is 12.6 Å². The number of allylic oxidation sites excluding steroid dienone is 6. The average Bonchev–Trinajstić information content (AvgIpc) is 3.12. The molecule has 1 amide bonds. The predicted octanol–water partition coefficient (Wildman–Crippen LogP) is 7.28. The van der Waals surface area contributed by atoms with Crippen molar-refractivity contribution in [2.24, 2.45) is 10.7 Å². The van der Waals surface area contributed by atoms with Gasteiger partial charge >= 0.3 is 0 Å². The van der Waals surface area contributed by atoms with Crippen molar-refractivity contribution in [1.29, 1.82) is 0 Å². The van der Waals surface area contributed by atoms with Gasteiger partial charge in [0.15, 0.2) is 0 Å². The number of carbonyl (C=O) groups is 1. The van der Waals surface area contributed by atoms with Crippen LogP contribution >= 0.6 is 12.6 Å². The summed E-state index contributed by atoms with van der Waals surface area (Å²) in [6.07, 6.45) is 7.22. The Morgan fingerprint density at radius 3 is 2.51 bits per heavy atom. The monoisotopic (exact) mass is 485 g/mol. The fourth-order valence-electron chi connectivity index (χ4n) is 4.70. The van der Waals surface area contributed by atoms with Crippen LogP contribution < -0.4 is 11.1 Å². The van der Waals surface area contributed by atoms with Crippen LogP contribution in [0.3, 0.4) is 0 Å². The number of fused-ring (bicyclic) bond motifs is 1. The van der Waals surface area contributed by atoms with E-state index in [-0.39, 0.29) is 5.91 Å². The van der Waals surface area contributed by atoms with Crippen LogP contribution in [0.5, 0.6) is 0 Å². The van der Waals surface area contributed by atoms with Gasteiger partial charge in [-0.3, -0.25) is 9.79 Å². The number of carbonyl (C=O) groups excluding carboxylic acids is 1. The zero-order valence-corrected chi connectivity index (χ0v) is 22.4. The van der Waals surface area contributed by atoms with Gasteiger partial charge in [-0.05, 0) is 91.8 Å². The van der Waals surface area contributed by atoms with Crippen molar-refractivity contribution in [3.05, 3.63) is 87.7 Å². The molecule has 0 aliphatic carbocycles. The molecule has 0 unspecified atom stereocenters. The van der Waals surface area contributed by atoms with Crippen molar-refractivity contribution >= 4 is 36.0 Å². The Hall–Kier alpha value is -3.31. The van der Waals surface area contributed by atoms with Crippen molar-refractivity contribution in [1.82, 2.24) is 0 Å². The van der Waals surface area contributed by atoms with E-state index >= 15 is 0 Å². The summed E-state index contributed by atoms with van der Waals surface area (Å²) in [6.45, 7) is 10.5. The van der Waals surface area contributed by atoms with Gasteiger partial charge in [0.2, 0.25) is 0 Å². The normalized spacial score (nSPS) is 15.3. The molecule has 0 saturated heterocycles. The number of hydrogen-bond acceptors (Lipinski definition) is 4. The molecular weight excluding hydrogens is 450 g/mol. The van der Waals surface area contributed by atoms with Crippen LogP contribution in [0.4, 0.5) is 5.69 Å². The van der Waals surface area contributed by atoms with Gasteiger partial charge in [-0.2, -0.15) is 0 Å². The minimum absolute atomic E-state index is 0.0853. The predicted molar refractivity (Wildman–Crippen MR) is 153 cm³/mol. The fourth-order valence-corrected chi connectivity index (χ4v) is 5.09. The molecule has 0 spiro atoms. The molecule has 35 heavy (non-hydrogen) atoms. The second kappa shape index (κ2) is 11.4. The van der Waals surface area contributed by atoms with Gasteiger partial charge in [0, 0.05) is 46.8 Å². The molecule has 1 aliphatic rings. The Balaban J connectivity index is 2.21. The van der Waals surface area contributed by atoms with Gasteiger partial charge in [0.25, 0.3) is 5.91 Å². The first kappa shape index (κ1) is 26.3. The molecule has 4 nitrogen and oxygen atoms in total. The molecule has 3 rings (SSSR count). The molecule has 0 saturated carbocycles. The number of aliphatic imine (C=N–C) groups is 1. The first-order valence-corrected chi connectivity index (χ1v) is 12.4. The zero-order valence-electron chi connectivity index (χ0n) is 21.5. The lowest BCUT2D eigenvalue weighted by atomic mass is 9.89. The van der Waals surface area contributed by atoms with Gasteiger partial charge < -0.3 is 11.1 Å². The number of nitrogens with two attached hydrogens (primary N) is 1. The molecule has 2 aromatic carbocycles. The van der Waals surface area contributed by atoms with E-state index in [1.165, 1.54) is 0 Å². The lowest BCUT2D eigenvalue weighted by molar-refractivity contribution is -0.110. The minimum Gasteiger partial charge on any atom is -0.404 e. The third kappa shape index (κ3) is 5.51. The van der Waals surface area contributed by atoms with Crippen molar-refractivity contribution in [2.45, 2.75) is 52.4 Å². The van der Waals surface area contributed by atoms with Gasteiger partial charge in [0.05, 0.1) is 0 Å². The number of anilines is 1. The summed E-state index contributed by atoms with van der Waals surface area (Å²) in [5.74, 6) is -0.0853. The highest BCUT2D eigenvalue weighted by molar-refractivity contribution is 7.80. The third-order valence-corrected chi connectivity index (χ3v) is 6.65. The number of aryl methyl sites for hydroxylation is 1. The molecule has 0 fully saturated rings. The SMILES string of the molecule is CCCC(/C=C1\C(=O)Nc2ccc(-c3c(C)cccc3S)cc21)=C(/C)C(=C(C)C)/C(C=NC)=C/N. The Kier molecular flexibility index (Phi) is 8.57. The molecule has 3 N–H and O–H groups in total. The number of rotatable bonds is 7. The highest BCUT2D eigenvalue weighted by atomic mass is 32.1. The summed E-state index contributed by atoms with van der Waals surface area (Å²) in [5.41, 5.74) is 16.9. The van der Waals surface area contributed by atoms with Crippen molar-refractivity contribution < 1.29 is 4.79 Å². The summed E-state index contributed by atoms with van der Waals surface area (Å²) in [5, 5.41) is 3.03. The molecule has 2 aromatic rings. The first-order valence-electron chi connectivity index (χ1n) is 11.9. The number of amides is 1. The van der Waals surface area contributed by atoms with Crippen LogP contribution in [0.2, 0.25) is 0 Å². The molecule has 182 valence electrons. The zero-order chi connectivity index (χ0) is 25.7. The van der Waals surface area contributed by atoms with Crippen molar-refractivity contribution in [3.63, 3.8) is 0 Å². The van der Waals surface area contributed by atoms with Crippen LogP contribution in [-0.2, 0) is 4.79 Å².